The maximum atomic E-state index is 15.3. The molecule has 1 aliphatic rings. The Kier molecular flexibility index (Phi) is 7.56. The van der Waals surface area contributed by atoms with Gasteiger partial charge in [0.15, 0.2) is 12.7 Å². The average molecular weight is 700 g/mol. The molecule has 7 aromatic carbocycles. The number of pyridine rings is 1. The van der Waals surface area contributed by atoms with Crippen molar-refractivity contribution >= 4 is 66.9 Å². The fourth-order valence-corrected chi connectivity index (χ4v) is 10.9. The molecule has 10 rings (SSSR count). The number of furan rings is 1. The maximum absolute atomic E-state index is 15.3. The summed E-state index contributed by atoms with van der Waals surface area (Å²) in [6.07, 6.45) is 6.06. The molecule has 3 nitrogen and oxygen atoms in total. The Bertz CT molecular complexity index is 2930. The summed E-state index contributed by atoms with van der Waals surface area (Å²) in [4.78, 5) is 5.37. The van der Waals surface area contributed by atoms with Gasteiger partial charge >= 0.3 is 0 Å². The van der Waals surface area contributed by atoms with Crippen LogP contribution in [0.4, 0.5) is 0 Å². The molecule has 2 heterocycles. The Labute approximate surface area is 307 Å². The summed E-state index contributed by atoms with van der Waals surface area (Å²) >= 11 is 0. The van der Waals surface area contributed by atoms with Crippen molar-refractivity contribution < 1.29 is 8.98 Å². The minimum Gasteiger partial charge on any atom is -0.454 e. The monoisotopic (exact) mass is 699 g/mol. The van der Waals surface area contributed by atoms with E-state index in [2.05, 4.69) is 109 Å². The van der Waals surface area contributed by atoms with E-state index in [1.54, 1.807) is 0 Å². The summed E-state index contributed by atoms with van der Waals surface area (Å²) in [7, 11) is -3.08. The molecule has 0 N–H and O–H groups in total. The van der Waals surface area contributed by atoms with Gasteiger partial charge in [-0.3, -0.25) is 0 Å². The zero-order chi connectivity index (χ0) is 35.4. The quantitative estimate of drug-likeness (QED) is 0.162. The third-order valence-corrected chi connectivity index (χ3v) is 13.7. The lowest BCUT2D eigenvalue weighted by Crippen LogP contribution is -2.17. The average Bonchev–Trinajstić information content (AvgIpc) is 3.63. The molecule has 0 spiro atoms. The fourth-order valence-electron chi connectivity index (χ4n) is 8.12. The summed E-state index contributed by atoms with van der Waals surface area (Å²) in [5, 5.41) is 8.13. The second-order valence-electron chi connectivity index (χ2n) is 13.7. The summed E-state index contributed by atoms with van der Waals surface area (Å²) < 4.78 is 22.0. The first kappa shape index (κ1) is 31.5. The summed E-state index contributed by atoms with van der Waals surface area (Å²) in [5.41, 5.74) is 8.98. The van der Waals surface area contributed by atoms with E-state index in [4.69, 9.17) is 9.40 Å². The van der Waals surface area contributed by atoms with Gasteiger partial charge in [-0.15, -0.1) is 0 Å². The van der Waals surface area contributed by atoms with Gasteiger partial charge in [-0.05, 0) is 70.2 Å². The second-order valence-corrected chi connectivity index (χ2v) is 16.5. The van der Waals surface area contributed by atoms with Crippen molar-refractivity contribution in [1.29, 1.82) is 0 Å². The Morgan fingerprint density at radius 3 is 2.02 bits per heavy atom. The standard InChI is InChI=1S/C49H34NO2P/c51-53(37-20-3-1-4-21-37,38-22-5-2-6-23-38)39-24-12-18-35(32-39)34-17-11-19-36(31-34)41-27-14-29-44-46(41)47-43-26-9-10-30-45(43)52-49(47)48(50-44)42-28-13-16-33-15-7-8-25-40(33)42/h1-11,13-17,19-32H,12,18H2. The van der Waals surface area contributed by atoms with Crippen molar-refractivity contribution in [3.63, 3.8) is 0 Å². The molecule has 0 amide bonds. The highest BCUT2D eigenvalue weighted by molar-refractivity contribution is 7.82. The maximum Gasteiger partial charge on any atom is 0.170 e. The van der Waals surface area contributed by atoms with Crippen molar-refractivity contribution in [2.45, 2.75) is 12.8 Å². The number of fused-ring (bicyclic) bond motifs is 6. The highest BCUT2D eigenvalue weighted by Crippen LogP contribution is 2.55. The van der Waals surface area contributed by atoms with Gasteiger partial charge in [0.25, 0.3) is 0 Å². The molecule has 0 bridgehead atoms. The molecular weight excluding hydrogens is 666 g/mol. The van der Waals surface area contributed by atoms with Crippen LogP contribution in [0.15, 0.2) is 192 Å². The molecule has 252 valence electrons. The molecule has 1 aliphatic carbocycles. The van der Waals surface area contributed by atoms with E-state index >= 15 is 4.57 Å². The number of aromatic nitrogens is 1. The number of hydrogen-bond donors (Lipinski definition) is 0. The molecule has 9 aromatic rings. The third-order valence-electron chi connectivity index (χ3n) is 10.6. The van der Waals surface area contributed by atoms with Crippen molar-refractivity contribution in [3.05, 3.63) is 193 Å². The predicted molar refractivity (Wildman–Crippen MR) is 222 cm³/mol. The van der Waals surface area contributed by atoms with Crippen LogP contribution in [-0.2, 0) is 4.57 Å². The molecule has 0 saturated carbocycles. The van der Waals surface area contributed by atoms with E-state index in [-0.39, 0.29) is 0 Å². The summed E-state index contributed by atoms with van der Waals surface area (Å²) in [5.74, 6) is 0. The summed E-state index contributed by atoms with van der Waals surface area (Å²) in [6.45, 7) is 0. The van der Waals surface area contributed by atoms with Crippen LogP contribution in [0.3, 0.4) is 0 Å². The Balaban J connectivity index is 1.15. The van der Waals surface area contributed by atoms with Gasteiger partial charge in [-0.25, -0.2) is 4.98 Å². The van der Waals surface area contributed by atoms with Gasteiger partial charge < -0.3 is 8.98 Å². The smallest absolute Gasteiger partial charge is 0.170 e. The van der Waals surface area contributed by atoms with E-state index in [1.807, 2.05) is 72.8 Å². The first-order valence-corrected chi connectivity index (χ1v) is 19.8. The Morgan fingerprint density at radius 1 is 0.566 bits per heavy atom. The molecular formula is C49H34NO2P. The van der Waals surface area contributed by atoms with Crippen LogP contribution < -0.4 is 10.6 Å². The van der Waals surface area contributed by atoms with Gasteiger partial charge in [0.2, 0.25) is 0 Å². The van der Waals surface area contributed by atoms with E-state index in [9.17, 15) is 0 Å². The zero-order valence-corrected chi connectivity index (χ0v) is 29.8. The van der Waals surface area contributed by atoms with E-state index < -0.39 is 7.14 Å². The molecule has 53 heavy (non-hydrogen) atoms. The van der Waals surface area contributed by atoms with Crippen LogP contribution >= 0.6 is 7.14 Å². The van der Waals surface area contributed by atoms with Crippen LogP contribution in [-0.4, -0.2) is 4.98 Å². The second kappa shape index (κ2) is 12.7. The molecule has 0 atom stereocenters. The van der Waals surface area contributed by atoms with Crippen LogP contribution in [0, 0.1) is 0 Å². The molecule has 4 heteroatoms. The largest absolute Gasteiger partial charge is 0.454 e. The number of rotatable bonds is 6. The number of benzene rings is 7. The zero-order valence-electron chi connectivity index (χ0n) is 28.9. The number of hydrogen-bond acceptors (Lipinski definition) is 3. The van der Waals surface area contributed by atoms with Crippen molar-refractivity contribution in [3.8, 4) is 22.4 Å². The molecule has 0 aliphatic heterocycles. The lowest BCUT2D eigenvalue weighted by Gasteiger charge is -2.24. The van der Waals surface area contributed by atoms with Crippen LogP contribution in [0.2, 0.25) is 0 Å². The molecule has 2 aromatic heterocycles. The van der Waals surface area contributed by atoms with Crippen molar-refractivity contribution in [2.24, 2.45) is 0 Å². The molecule has 0 fully saturated rings. The number of para-hydroxylation sites is 1. The van der Waals surface area contributed by atoms with E-state index in [1.165, 1.54) is 11.0 Å². The first-order valence-electron chi connectivity index (χ1n) is 18.1. The van der Waals surface area contributed by atoms with E-state index in [0.717, 1.165) is 94.9 Å². The highest BCUT2D eigenvalue weighted by atomic mass is 31.2. The lowest BCUT2D eigenvalue weighted by molar-refractivity contribution is 0.591. The normalized spacial score (nSPS) is 13.4. The van der Waals surface area contributed by atoms with Gasteiger partial charge in [0, 0.05) is 37.6 Å². The third kappa shape index (κ3) is 5.19. The fraction of sp³-hybridized carbons (Fsp3) is 0.0408. The minimum absolute atomic E-state index is 0.793. The topological polar surface area (TPSA) is 43.1 Å². The SMILES string of the molecule is O=P(C1=CCCC(c2cccc(-c3cccc4nc(-c5cccc6ccccc56)c5oc6ccccc6c5c34)c2)=C1)(c1ccccc1)c1ccccc1. The van der Waals surface area contributed by atoms with Crippen molar-refractivity contribution in [1.82, 2.24) is 4.98 Å². The molecule has 0 unspecified atom stereocenters. The minimum atomic E-state index is -3.08. The van der Waals surface area contributed by atoms with Gasteiger partial charge in [0.05, 0.1) is 5.52 Å². The van der Waals surface area contributed by atoms with Gasteiger partial charge in [0.1, 0.15) is 11.3 Å². The van der Waals surface area contributed by atoms with Gasteiger partial charge in [-0.2, -0.15) is 0 Å². The Hall–Kier alpha value is -6.28. The van der Waals surface area contributed by atoms with Crippen LogP contribution in [0.5, 0.6) is 0 Å². The summed E-state index contributed by atoms with van der Waals surface area (Å²) in [6, 6.07) is 58.2. The Morgan fingerprint density at radius 2 is 1.21 bits per heavy atom. The molecule has 0 saturated heterocycles. The number of nitrogens with zero attached hydrogens (tertiary/aromatic N) is 1. The van der Waals surface area contributed by atoms with Gasteiger partial charge in [-0.1, -0.05) is 158 Å². The predicted octanol–water partition coefficient (Wildman–Crippen LogP) is 12.7. The highest BCUT2D eigenvalue weighted by Gasteiger charge is 2.32. The van der Waals surface area contributed by atoms with Crippen molar-refractivity contribution in [2.75, 3.05) is 0 Å². The van der Waals surface area contributed by atoms with E-state index in [0.29, 0.717) is 0 Å². The first-order chi connectivity index (χ1) is 26.2. The van der Waals surface area contributed by atoms with Crippen LogP contribution in [0.1, 0.15) is 18.4 Å². The number of allylic oxidation sites excluding steroid dienone is 4. The van der Waals surface area contributed by atoms with Crippen LogP contribution in [0.25, 0.3) is 71.6 Å². The molecule has 0 radical (unpaired) electrons. The lowest BCUT2D eigenvalue weighted by atomic mass is 9.91.